The van der Waals surface area contributed by atoms with Gasteiger partial charge in [0.1, 0.15) is 5.82 Å². The van der Waals surface area contributed by atoms with E-state index in [2.05, 4.69) is 26.1 Å². The first kappa shape index (κ1) is 13.7. The van der Waals surface area contributed by atoms with Gasteiger partial charge in [-0.1, -0.05) is 13.3 Å². The summed E-state index contributed by atoms with van der Waals surface area (Å²) >= 11 is 1.50. The molecule has 5 nitrogen and oxygen atoms in total. The average molecular weight is 269 g/mol. The van der Waals surface area contributed by atoms with Crippen molar-refractivity contribution in [3.8, 4) is 0 Å². The Morgan fingerprint density at radius 2 is 2.06 bits per heavy atom. The Kier molecular flexibility index (Phi) is 4.91. The van der Waals surface area contributed by atoms with Gasteiger partial charge in [-0.25, -0.2) is 4.98 Å². The minimum Gasteiger partial charge on any atom is -0.344 e. The molecule has 1 fully saturated rings. The highest BCUT2D eigenvalue weighted by Gasteiger charge is 2.23. The number of nitrogens with zero attached hydrogens (tertiary/aromatic N) is 4. The molecule has 2 N–H and O–H groups in total. The third-order valence-corrected chi connectivity index (χ3v) is 4.38. The highest BCUT2D eigenvalue weighted by Crippen LogP contribution is 2.19. The van der Waals surface area contributed by atoms with Crippen molar-refractivity contribution >= 4 is 16.7 Å². The second-order valence-corrected chi connectivity index (χ2v) is 5.56. The van der Waals surface area contributed by atoms with Crippen molar-refractivity contribution in [3.63, 3.8) is 0 Å². The number of aromatic nitrogens is 2. The monoisotopic (exact) mass is 269 g/mol. The standard InChI is InChI=1S/C12H23N5S/c1-3-4-11(9-13)16-5-7-17(8-6-16)12-14-10(2)15-18-12/h11H,3-9,13H2,1-2H3. The summed E-state index contributed by atoms with van der Waals surface area (Å²) in [5, 5.41) is 1.06. The van der Waals surface area contributed by atoms with E-state index in [1.54, 1.807) is 0 Å². The van der Waals surface area contributed by atoms with Crippen LogP contribution in [0.15, 0.2) is 0 Å². The van der Waals surface area contributed by atoms with Crippen LogP contribution in [0.3, 0.4) is 0 Å². The number of anilines is 1. The highest BCUT2D eigenvalue weighted by molar-refractivity contribution is 7.09. The van der Waals surface area contributed by atoms with E-state index in [1.807, 2.05) is 6.92 Å². The molecule has 0 bridgehead atoms. The topological polar surface area (TPSA) is 58.3 Å². The number of rotatable bonds is 5. The molecule has 0 aliphatic carbocycles. The lowest BCUT2D eigenvalue weighted by molar-refractivity contribution is 0.179. The van der Waals surface area contributed by atoms with Gasteiger partial charge in [-0.05, 0) is 13.3 Å². The second kappa shape index (κ2) is 6.45. The zero-order valence-electron chi connectivity index (χ0n) is 11.3. The molecule has 1 aromatic rings. The Bertz CT molecular complexity index is 359. The van der Waals surface area contributed by atoms with Gasteiger partial charge in [-0.15, -0.1) is 0 Å². The van der Waals surface area contributed by atoms with Gasteiger partial charge in [0.15, 0.2) is 0 Å². The summed E-state index contributed by atoms with van der Waals surface area (Å²) in [7, 11) is 0. The molecule has 6 heteroatoms. The molecule has 0 saturated carbocycles. The molecule has 18 heavy (non-hydrogen) atoms. The third kappa shape index (κ3) is 3.18. The normalized spacial score (nSPS) is 19.2. The quantitative estimate of drug-likeness (QED) is 0.867. The van der Waals surface area contributed by atoms with Crippen molar-refractivity contribution < 1.29 is 0 Å². The summed E-state index contributed by atoms with van der Waals surface area (Å²) in [6.07, 6.45) is 2.41. The molecule has 0 amide bonds. The number of nitrogens with two attached hydrogens (primary N) is 1. The molecular formula is C12H23N5S. The maximum Gasteiger partial charge on any atom is 0.205 e. The van der Waals surface area contributed by atoms with Crippen molar-refractivity contribution in [1.82, 2.24) is 14.3 Å². The molecule has 0 spiro atoms. The molecule has 2 heterocycles. The zero-order chi connectivity index (χ0) is 13.0. The van der Waals surface area contributed by atoms with Crippen molar-refractivity contribution in [2.45, 2.75) is 32.7 Å². The predicted molar refractivity (Wildman–Crippen MR) is 76.2 cm³/mol. The SMILES string of the molecule is CCCC(CN)N1CCN(c2nc(C)ns2)CC1. The Labute approximate surface area is 113 Å². The lowest BCUT2D eigenvalue weighted by Gasteiger charge is -2.38. The Hall–Kier alpha value is -0.720. The van der Waals surface area contributed by atoms with Crippen molar-refractivity contribution in [2.24, 2.45) is 5.73 Å². The van der Waals surface area contributed by atoms with E-state index in [4.69, 9.17) is 5.73 Å². The minimum atomic E-state index is 0.549. The molecule has 1 aliphatic rings. The molecule has 1 unspecified atom stereocenters. The van der Waals surface area contributed by atoms with Gasteiger partial charge in [-0.3, -0.25) is 4.90 Å². The van der Waals surface area contributed by atoms with Gasteiger partial charge in [-0.2, -0.15) is 4.37 Å². The summed E-state index contributed by atoms with van der Waals surface area (Å²) in [6.45, 7) is 9.18. The molecule has 1 saturated heterocycles. The lowest BCUT2D eigenvalue weighted by atomic mass is 10.1. The van der Waals surface area contributed by atoms with Crippen LogP contribution in [0.2, 0.25) is 0 Å². The Morgan fingerprint density at radius 3 is 2.56 bits per heavy atom. The maximum atomic E-state index is 5.86. The molecule has 102 valence electrons. The van der Waals surface area contributed by atoms with Crippen LogP contribution in [0.25, 0.3) is 0 Å². The zero-order valence-corrected chi connectivity index (χ0v) is 12.1. The van der Waals surface area contributed by atoms with Gasteiger partial charge >= 0.3 is 0 Å². The summed E-state index contributed by atoms with van der Waals surface area (Å²) in [5.74, 6) is 0.878. The third-order valence-electron chi connectivity index (χ3n) is 3.51. The number of aryl methyl sites for hydroxylation is 1. The molecule has 2 rings (SSSR count). The van der Waals surface area contributed by atoms with E-state index in [9.17, 15) is 0 Å². The van der Waals surface area contributed by atoms with Crippen molar-refractivity contribution in [2.75, 3.05) is 37.6 Å². The van der Waals surface area contributed by atoms with Gasteiger partial charge in [0, 0.05) is 50.3 Å². The first-order chi connectivity index (χ1) is 8.74. The number of hydrogen-bond donors (Lipinski definition) is 1. The summed E-state index contributed by atoms with van der Waals surface area (Å²) in [5.41, 5.74) is 5.86. The number of piperazine rings is 1. The Balaban J connectivity index is 1.87. The fraction of sp³-hybridized carbons (Fsp3) is 0.833. The smallest absolute Gasteiger partial charge is 0.205 e. The molecule has 1 aromatic heterocycles. The van der Waals surface area contributed by atoms with Crippen LogP contribution >= 0.6 is 11.5 Å². The fourth-order valence-corrected chi connectivity index (χ4v) is 3.20. The molecule has 1 atom stereocenters. The number of hydrogen-bond acceptors (Lipinski definition) is 6. The minimum absolute atomic E-state index is 0.549. The van der Waals surface area contributed by atoms with Crippen LogP contribution in [0, 0.1) is 6.92 Å². The van der Waals surface area contributed by atoms with E-state index in [0.717, 1.165) is 43.7 Å². The van der Waals surface area contributed by atoms with Crippen LogP contribution in [-0.2, 0) is 0 Å². The predicted octanol–water partition coefficient (Wildman–Crippen LogP) is 1.10. The first-order valence-corrected chi connectivity index (χ1v) is 7.51. The van der Waals surface area contributed by atoms with Crippen molar-refractivity contribution in [1.29, 1.82) is 0 Å². The fourth-order valence-electron chi connectivity index (χ4n) is 2.48. The van der Waals surface area contributed by atoms with Crippen LogP contribution in [0.4, 0.5) is 5.13 Å². The lowest BCUT2D eigenvalue weighted by Crippen LogP contribution is -2.52. The highest BCUT2D eigenvalue weighted by atomic mass is 32.1. The van der Waals surface area contributed by atoms with Gasteiger partial charge in [0.25, 0.3) is 0 Å². The van der Waals surface area contributed by atoms with Crippen LogP contribution in [0.5, 0.6) is 0 Å². The van der Waals surface area contributed by atoms with E-state index in [0.29, 0.717) is 6.04 Å². The van der Waals surface area contributed by atoms with E-state index in [-0.39, 0.29) is 0 Å². The van der Waals surface area contributed by atoms with Gasteiger partial charge < -0.3 is 10.6 Å². The van der Waals surface area contributed by atoms with E-state index >= 15 is 0 Å². The maximum absolute atomic E-state index is 5.86. The van der Waals surface area contributed by atoms with Gasteiger partial charge in [0.05, 0.1) is 0 Å². The van der Waals surface area contributed by atoms with E-state index < -0.39 is 0 Å². The first-order valence-electron chi connectivity index (χ1n) is 6.74. The molecule has 0 aromatic carbocycles. The molecule has 1 aliphatic heterocycles. The summed E-state index contributed by atoms with van der Waals surface area (Å²) in [6, 6.07) is 0.549. The van der Waals surface area contributed by atoms with Crippen molar-refractivity contribution in [3.05, 3.63) is 5.82 Å². The molecular weight excluding hydrogens is 246 g/mol. The van der Waals surface area contributed by atoms with Crippen LogP contribution in [-0.4, -0.2) is 53.0 Å². The van der Waals surface area contributed by atoms with Crippen LogP contribution < -0.4 is 10.6 Å². The Morgan fingerprint density at radius 1 is 1.33 bits per heavy atom. The van der Waals surface area contributed by atoms with Crippen LogP contribution in [0.1, 0.15) is 25.6 Å². The molecule has 0 radical (unpaired) electrons. The summed E-state index contributed by atoms with van der Waals surface area (Å²) < 4.78 is 4.25. The van der Waals surface area contributed by atoms with E-state index in [1.165, 1.54) is 24.4 Å². The second-order valence-electron chi connectivity index (χ2n) is 4.83. The summed E-state index contributed by atoms with van der Waals surface area (Å²) in [4.78, 5) is 9.31. The largest absolute Gasteiger partial charge is 0.344 e. The van der Waals surface area contributed by atoms with Gasteiger partial charge in [0.2, 0.25) is 5.13 Å². The average Bonchev–Trinajstić information content (AvgIpc) is 2.83.